The van der Waals surface area contributed by atoms with Crippen LogP contribution in [0, 0.1) is 0 Å². The van der Waals surface area contributed by atoms with Crippen LogP contribution in [-0.4, -0.2) is 28.0 Å². The van der Waals surface area contributed by atoms with E-state index in [2.05, 4.69) is 15.5 Å². The van der Waals surface area contributed by atoms with Crippen LogP contribution in [0.3, 0.4) is 0 Å². The Morgan fingerprint density at radius 2 is 2.24 bits per heavy atom. The van der Waals surface area contributed by atoms with Crippen LogP contribution in [0.4, 0.5) is 0 Å². The number of para-hydroxylation sites is 1. The second-order valence-electron chi connectivity index (χ2n) is 4.79. The van der Waals surface area contributed by atoms with Gasteiger partial charge in [-0.05, 0) is 13.0 Å². The number of aromatic nitrogens is 3. The molecule has 3 N–H and O–H groups in total. The third-order valence-electron chi connectivity index (χ3n) is 3.56. The minimum atomic E-state index is -0.115. The molecule has 1 aliphatic rings. The minimum absolute atomic E-state index is 0.115. The van der Waals surface area contributed by atoms with E-state index in [1.165, 1.54) is 0 Å². The molecule has 3 rings (SSSR count). The summed E-state index contributed by atoms with van der Waals surface area (Å²) in [6.45, 7) is 3.93. The van der Waals surface area contributed by atoms with Crippen molar-refractivity contribution in [3.05, 3.63) is 35.9 Å². The van der Waals surface area contributed by atoms with E-state index in [0.29, 0.717) is 19.6 Å². The van der Waals surface area contributed by atoms with Gasteiger partial charge in [0.2, 0.25) is 0 Å². The molecular formula is C14H19N5O2. The van der Waals surface area contributed by atoms with Crippen LogP contribution in [0.15, 0.2) is 24.5 Å². The molecule has 7 nitrogen and oxygen atoms in total. The van der Waals surface area contributed by atoms with Crippen molar-refractivity contribution in [3.63, 3.8) is 0 Å². The molecule has 7 heteroatoms. The van der Waals surface area contributed by atoms with E-state index < -0.39 is 0 Å². The average molecular weight is 289 g/mol. The summed E-state index contributed by atoms with van der Waals surface area (Å²) in [6.07, 6.45) is 2.19. The predicted octanol–water partition coefficient (Wildman–Crippen LogP) is 0.816. The van der Waals surface area contributed by atoms with Crippen molar-refractivity contribution in [3.8, 4) is 11.5 Å². The highest BCUT2D eigenvalue weighted by Gasteiger charge is 2.23. The van der Waals surface area contributed by atoms with Gasteiger partial charge in [0.05, 0.1) is 6.04 Å². The summed E-state index contributed by atoms with van der Waals surface area (Å²) in [5, 5.41) is 4.18. The molecule has 1 unspecified atom stereocenters. The lowest BCUT2D eigenvalue weighted by Gasteiger charge is -2.24. The summed E-state index contributed by atoms with van der Waals surface area (Å²) < 4.78 is 13.2. The lowest BCUT2D eigenvalue weighted by atomic mass is 10.0. The number of rotatable bonds is 5. The van der Waals surface area contributed by atoms with Crippen molar-refractivity contribution in [1.29, 1.82) is 0 Å². The minimum Gasteiger partial charge on any atom is -0.486 e. The third kappa shape index (κ3) is 2.70. The first kappa shape index (κ1) is 13.8. The number of aryl methyl sites for hydroxylation is 1. The van der Waals surface area contributed by atoms with Gasteiger partial charge in [-0.2, -0.15) is 5.10 Å². The highest BCUT2D eigenvalue weighted by atomic mass is 16.6. The molecule has 2 aromatic rings. The van der Waals surface area contributed by atoms with E-state index >= 15 is 0 Å². The standard InChI is InChI=1S/C14H19N5O2/c1-2-19-13(16-9-17-19)8-11(18-15)10-4-3-5-12-14(10)21-7-6-20-12/h3-5,9,11,18H,2,6-8,15H2,1H3. The van der Waals surface area contributed by atoms with Gasteiger partial charge in [-0.15, -0.1) is 0 Å². The van der Waals surface area contributed by atoms with Crippen LogP contribution >= 0.6 is 0 Å². The van der Waals surface area contributed by atoms with Crippen molar-refractivity contribution in [2.45, 2.75) is 25.9 Å². The second-order valence-corrected chi connectivity index (χ2v) is 4.79. The van der Waals surface area contributed by atoms with Crippen molar-refractivity contribution in [2.24, 2.45) is 5.84 Å². The Balaban J connectivity index is 1.90. The zero-order chi connectivity index (χ0) is 14.7. The molecule has 2 heterocycles. The molecule has 1 aliphatic heterocycles. The molecule has 1 aromatic heterocycles. The first-order valence-electron chi connectivity index (χ1n) is 7.04. The highest BCUT2D eigenvalue weighted by molar-refractivity contribution is 5.49. The van der Waals surface area contributed by atoms with E-state index in [1.54, 1.807) is 6.33 Å². The van der Waals surface area contributed by atoms with Gasteiger partial charge in [-0.3, -0.25) is 16.0 Å². The van der Waals surface area contributed by atoms with E-state index in [4.69, 9.17) is 15.3 Å². The Kier molecular flexibility index (Phi) is 4.03. The van der Waals surface area contributed by atoms with Gasteiger partial charge in [0.1, 0.15) is 25.4 Å². The lowest BCUT2D eigenvalue weighted by molar-refractivity contribution is 0.168. The smallest absolute Gasteiger partial charge is 0.166 e. The number of fused-ring (bicyclic) bond motifs is 1. The third-order valence-corrected chi connectivity index (χ3v) is 3.56. The van der Waals surface area contributed by atoms with E-state index in [-0.39, 0.29) is 6.04 Å². The maximum Gasteiger partial charge on any atom is 0.166 e. The molecule has 0 fully saturated rings. The molecule has 21 heavy (non-hydrogen) atoms. The van der Waals surface area contributed by atoms with E-state index in [9.17, 15) is 0 Å². The SMILES string of the molecule is CCn1ncnc1CC(NN)c1cccc2c1OCCO2. The maximum atomic E-state index is 5.75. The predicted molar refractivity (Wildman–Crippen MR) is 76.9 cm³/mol. The van der Waals surface area contributed by atoms with Crippen LogP contribution in [0.25, 0.3) is 0 Å². The van der Waals surface area contributed by atoms with Crippen molar-refractivity contribution < 1.29 is 9.47 Å². The van der Waals surface area contributed by atoms with Gasteiger partial charge in [-0.25, -0.2) is 4.98 Å². The van der Waals surface area contributed by atoms with Gasteiger partial charge < -0.3 is 9.47 Å². The number of nitrogens with two attached hydrogens (primary N) is 1. The number of benzene rings is 1. The Morgan fingerprint density at radius 1 is 1.38 bits per heavy atom. The zero-order valence-corrected chi connectivity index (χ0v) is 12.0. The molecule has 1 aromatic carbocycles. The Hall–Kier alpha value is -2.12. The van der Waals surface area contributed by atoms with Crippen LogP contribution in [0.5, 0.6) is 11.5 Å². The second kappa shape index (κ2) is 6.11. The zero-order valence-electron chi connectivity index (χ0n) is 12.0. The molecule has 0 saturated heterocycles. The number of hydrogen-bond acceptors (Lipinski definition) is 6. The quantitative estimate of drug-likeness (QED) is 0.626. The highest BCUT2D eigenvalue weighted by Crippen LogP contribution is 2.37. The molecular weight excluding hydrogens is 270 g/mol. The summed E-state index contributed by atoms with van der Waals surface area (Å²) in [5.74, 6) is 8.15. The van der Waals surface area contributed by atoms with E-state index in [0.717, 1.165) is 29.4 Å². The summed E-state index contributed by atoms with van der Waals surface area (Å²) >= 11 is 0. The van der Waals surface area contributed by atoms with E-state index in [1.807, 2.05) is 29.8 Å². The topological polar surface area (TPSA) is 87.2 Å². The van der Waals surface area contributed by atoms with Gasteiger partial charge >= 0.3 is 0 Å². The van der Waals surface area contributed by atoms with Crippen molar-refractivity contribution >= 4 is 0 Å². The maximum absolute atomic E-state index is 5.75. The lowest BCUT2D eigenvalue weighted by Crippen LogP contribution is -2.31. The van der Waals surface area contributed by atoms with Crippen molar-refractivity contribution in [1.82, 2.24) is 20.2 Å². The monoisotopic (exact) mass is 289 g/mol. The van der Waals surface area contributed by atoms with Gasteiger partial charge in [0.25, 0.3) is 0 Å². The first-order valence-corrected chi connectivity index (χ1v) is 7.04. The van der Waals surface area contributed by atoms with Crippen LogP contribution in [-0.2, 0) is 13.0 Å². The fraction of sp³-hybridized carbons (Fsp3) is 0.429. The molecule has 0 bridgehead atoms. The summed E-state index contributed by atoms with van der Waals surface area (Å²) in [7, 11) is 0. The number of hydrogen-bond donors (Lipinski definition) is 2. The fourth-order valence-corrected chi connectivity index (χ4v) is 2.52. The molecule has 0 amide bonds. The molecule has 0 spiro atoms. The molecule has 0 saturated carbocycles. The fourth-order valence-electron chi connectivity index (χ4n) is 2.52. The average Bonchev–Trinajstić information content (AvgIpc) is 2.99. The Labute approximate surface area is 123 Å². The molecule has 0 radical (unpaired) electrons. The number of ether oxygens (including phenoxy) is 2. The normalized spacial score (nSPS) is 15.0. The van der Waals surface area contributed by atoms with Crippen LogP contribution < -0.4 is 20.7 Å². The first-order chi connectivity index (χ1) is 10.3. The number of nitrogens with zero attached hydrogens (tertiary/aromatic N) is 3. The molecule has 1 atom stereocenters. The van der Waals surface area contributed by atoms with Gasteiger partial charge in [-0.1, -0.05) is 12.1 Å². The summed E-state index contributed by atoms with van der Waals surface area (Å²) in [6, 6.07) is 5.72. The summed E-state index contributed by atoms with van der Waals surface area (Å²) in [4.78, 5) is 4.30. The van der Waals surface area contributed by atoms with Crippen LogP contribution in [0.1, 0.15) is 24.4 Å². The molecule has 112 valence electrons. The van der Waals surface area contributed by atoms with Crippen LogP contribution in [0.2, 0.25) is 0 Å². The van der Waals surface area contributed by atoms with Gasteiger partial charge in [0, 0.05) is 18.5 Å². The summed E-state index contributed by atoms with van der Waals surface area (Å²) in [5.41, 5.74) is 3.81. The number of nitrogens with one attached hydrogen (secondary N) is 1. The molecule has 0 aliphatic carbocycles. The largest absolute Gasteiger partial charge is 0.486 e. The van der Waals surface area contributed by atoms with Gasteiger partial charge in [0.15, 0.2) is 11.5 Å². The van der Waals surface area contributed by atoms with Crippen molar-refractivity contribution in [2.75, 3.05) is 13.2 Å². The number of hydrazine groups is 1. The Bertz CT molecular complexity index is 613. The Morgan fingerprint density at radius 3 is 3.05 bits per heavy atom.